The maximum atomic E-state index is 10.4. The largest absolute Gasteiger partial charge is 0.508 e. The maximum absolute atomic E-state index is 10.4. The molecule has 0 aliphatic carbocycles. The molecule has 4 heteroatoms. The summed E-state index contributed by atoms with van der Waals surface area (Å²) in [5.41, 5.74) is 2.75. The van der Waals surface area contributed by atoms with Crippen LogP contribution in [0.25, 0.3) is 0 Å². The second kappa shape index (κ2) is 8.90. The number of para-hydroxylation sites is 1. The fourth-order valence-electron chi connectivity index (χ4n) is 3.81. The number of halogens is 1. The van der Waals surface area contributed by atoms with E-state index in [0.29, 0.717) is 5.75 Å². The molecular weight excluding hydrogens is 356 g/mol. The molecule has 2 atom stereocenters. The Balaban J connectivity index is 1.90. The predicted molar refractivity (Wildman–Crippen MR) is 114 cm³/mol. The molecule has 0 saturated heterocycles. The molecule has 0 spiro atoms. The van der Waals surface area contributed by atoms with Gasteiger partial charge in [-0.15, -0.1) is 0 Å². The molecule has 1 heterocycles. The molecule has 1 aliphatic heterocycles. The zero-order valence-corrected chi connectivity index (χ0v) is 17.0. The third-order valence-corrected chi connectivity index (χ3v) is 5.52. The molecule has 2 aromatic rings. The molecule has 2 N–H and O–H groups in total. The summed E-state index contributed by atoms with van der Waals surface area (Å²) in [5.74, 6) is 0.334. The number of benzene rings is 2. The smallest absolute Gasteiger partial charge is 0.120 e. The Morgan fingerprint density at radius 2 is 1.85 bits per heavy atom. The number of rotatable bonds is 7. The van der Waals surface area contributed by atoms with Crippen molar-refractivity contribution >= 4 is 17.3 Å². The van der Waals surface area contributed by atoms with Crippen LogP contribution in [0, 0.1) is 0 Å². The molecular formula is C23H29ClN2O. The minimum atomic E-state index is -0.339. The zero-order chi connectivity index (χ0) is 19.3. The van der Waals surface area contributed by atoms with Crippen molar-refractivity contribution in [2.45, 2.75) is 64.1 Å². The van der Waals surface area contributed by atoms with Crippen LogP contribution in [-0.2, 0) is 0 Å². The highest BCUT2D eigenvalue weighted by Crippen LogP contribution is 2.35. The first-order valence-corrected chi connectivity index (χ1v) is 10.3. The fraction of sp³-hybridized carbons (Fsp3) is 0.435. The lowest BCUT2D eigenvalue weighted by atomic mass is 9.90. The van der Waals surface area contributed by atoms with E-state index in [-0.39, 0.29) is 11.7 Å². The topological polar surface area (TPSA) is 44.6 Å². The molecule has 0 radical (unpaired) electrons. The molecule has 0 bridgehead atoms. The quantitative estimate of drug-likeness (QED) is 0.553. The molecule has 0 fully saturated rings. The number of phenolic OH excluding ortho intramolecular Hbond substituents is 1. The van der Waals surface area contributed by atoms with Crippen LogP contribution in [0.1, 0.15) is 69.5 Å². The molecule has 3 rings (SSSR count). The standard InChI is InChI=1S/C23H29ClN2O/c1-3-4-5-8-15-23(2)25-20(17-11-13-18(24)14-12-17)16-21(26-23)19-9-6-7-10-22(19)27/h6-7,9-14,21,26-27H,3-5,8,15-16H2,1-2H3/t21-,23-/m0/s1. The first kappa shape index (κ1) is 19.9. The Kier molecular flexibility index (Phi) is 6.56. The minimum Gasteiger partial charge on any atom is -0.508 e. The first-order valence-electron chi connectivity index (χ1n) is 9.91. The highest BCUT2D eigenvalue weighted by Gasteiger charge is 2.33. The van der Waals surface area contributed by atoms with Crippen molar-refractivity contribution in [3.8, 4) is 5.75 Å². The van der Waals surface area contributed by atoms with Crippen LogP contribution < -0.4 is 5.32 Å². The Morgan fingerprint density at radius 3 is 2.56 bits per heavy atom. The van der Waals surface area contributed by atoms with Gasteiger partial charge in [0.15, 0.2) is 0 Å². The first-order chi connectivity index (χ1) is 13.0. The van der Waals surface area contributed by atoms with Gasteiger partial charge in [-0.05, 0) is 43.5 Å². The maximum Gasteiger partial charge on any atom is 0.120 e. The summed E-state index contributed by atoms with van der Waals surface area (Å²) >= 11 is 6.06. The summed E-state index contributed by atoms with van der Waals surface area (Å²) in [4.78, 5) is 5.10. The van der Waals surface area contributed by atoms with Gasteiger partial charge in [-0.1, -0.05) is 68.1 Å². The number of hydrogen-bond acceptors (Lipinski definition) is 3. The molecule has 144 valence electrons. The highest BCUT2D eigenvalue weighted by atomic mass is 35.5. The number of unbranched alkanes of at least 4 members (excludes halogenated alkanes) is 3. The second-order valence-corrected chi connectivity index (χ2v) is 8.05. The van der Waals surface area contributed by atoms with Crippen molar-refractivity contribution in [3.05, 3.63) is 64.7 Å². The third kappa shape index (κ3) is 5.12. The number of aliphatic imine (C=N–C) groups is 1. The van der Waals surface area contributed by atoms with E-state index < -0.39 is 0 Å². The number of nitrogens with one attached hydrogen (secondary N) is 1. The lowest BCUT2D eigenvalue weighted by Crippen LogP contribution is -2.47. The summed E-state index contributed by atoms with van der Waals surface area (Å²) in [7, 11) is 0. The molecule has 1 aliphatic rings. The molecule has 2 aromatic carbocycles. The van der Waals surface area contributed by atoms with E-state index in [1.807, 2.05) is 42.5 Å². The van der Waals surface area contributed by atoms with Gasteiger partial charge in [0, 0.05) is 28.8 Å². The number of phenols is 1. The van der Waals surface area contributed by atoms with Crippen LogP contribution in [0.5, 0.6) is 5.75 Å². The zero-order valence-electron chi connectivity index (χ0n) is 16.2. The van der Waals surface area contributed by atoms with Gasteiger partial charge in [0.1, 0.15) is 11.4 Å². The van der Waals surface area contributed by atoms with Gasteiger partial charge < -0.3 is 5.11 Å². The van der Waals surface area contributed by atoms with Crippen LogP contribution in [0.4, 0.5) is 0 Å². The van der Waals surface area contributed by atoms with Crippen molar-refractivity contribution in [2.24, 2.45) is 4.99 Å². The average Bonchev–Trinajstić information content (AvgIpc) is 2.66. The van der Waals surface area contributed by atoms with Crippen LogP contribution in [0.15, 0.2) is 53.5 Å². The van der Waals surface area contributed by atoms with Gasteiger partial charge in [0.2, 0.25) is 0 Å². The third-order valence-electron chi connectivity index (χ3n) is 5.27. The monoisotopic (exact) mass is 384 g/mol. The van der Waals surface area contributed by atoms with E-state index in [1.54, 1.807) is 6.07 Å². The predicted octanol–water partition coefficient (Wildman–Crippen LogP) is 6.26. The van der Waals surface area contributed by atoms with Gasteiger partial charge in [-0.2, -0.15) is 0 Å². The average molecular weight is 385 g/mol. The van der Waals surface area contributed by atoms with E-state index in [4.69, 9.17) is 16.6 Å². The van der Waals surface area contributed by atoms with Crippen molar-refractivity contribution in [1.82, 2.24) is 5.32 Å². The molecule has 27 heavy (non-hydrogen) atoms. The lowest BCUT2D eigenvalue weighted by molar-refractivity contribution is 0.277. The lowest BCUT2D eigenvalue weighted by Gasteiger charge is -2.38. The van der Waals surface area contributed by atoms with E-state index in [2.05, 4.69) is 19.2 Å². The van der Waals surface area contributed by atoms with E-state index in [1.165, 1.54) is 19.3 Å². The van der Waals surface area contributed by atoms with Gasteiger partial charge >= 0.3 is 0 Å². The summed E-state index contributed by atoms with van der Waals surface area (Å²) in [6.45, 7) is 4.40. The molecule has 0 saturated carbocycles. The Morgan fingerprint density at radius 1 is 1.11 bits per heavy atom. The van der Waals surface area contributed by atoms with E-state index in [0.717, 1.165) is 41.1 Å². The Labute approximate surface area is 167 Å². The second-order valence-electron chi connectivity index (χ2n) is 7.61. The fourth-order valence-corrected chi connectivity index (χ4v) is 3.94. The Bertz CT molecular complexity index is 787. The summed E-state index contributed by atoms with van der Waals surface area (Å²) in [5, 5.41) is 14.8. The van der Waals surface area contributed by atoms with Gasteiger partial charge in [-0.3, -0.25) is 10.3 Å². The van der Waals surface area contributed by atoms with Crippen molar-refractivity contribution in [3.63, 3.8) is 0 Å². The van der Waals surface area contributed by atoms with Crippen molar-refractivity contribution in [1.29, 1.82) is 0 Å². The number of nitrogens with zero attached hydrogens (tertiary/aromatic N) is 1. The van der Waals surface area contributed by atoms with Crippen LogP contribution in [0.3, 0.4) is 0 Å². The highest BCUT2D eigenvalue weighted by molar-refractivity contribution is 6.30. The molecule has 0 amide bonds. The number of hydrogen-bond donors (Lipinski definition) is 2. The summed E-state index contributed by atoms with van der Waals surface area (Å²) < 4.78 is 0. The molecule has 3 nitrogen and oxygen atoms in total. The Hall–Kier alpha value is -1.84. The summed E-state index contributed by atoms with van der Waals surface area (Å²) in [6.07, 6.45) is 6.57. The molecule has 0 aromatic heterocycles. The van der Waals surface area contributed by atoms with Gasteiger partial charge in [0.25, 0.3) is 0 Å². The molecule has 0 unspecified atom stereocenters. The van der Waals surface area contributed by atoms with Gasteiger partial charge in [0.05, 0.1) is 0 Å². The SMILES string of the molecule is CCCCCC[C@@]1(C)N=C(c2ccc(Cl)cc2)C[C@@H](c2ccccc2O)N1. The number of aromatic hydroxyl groups is 1. The van der Waals surface area contributed by atoms with E-state index in [9.17, 15) is 5.11 Å². The minimum absolute atomic E-state index is 0.0329. The van der Waals surface area contributed by atoms with Gasteiger partial charge in [-0.25, -0.2) is 0 Å². The van der Waals surface area contributed by atoms with Crippen LogP contribution in [-0.4, -0.2) is 16.5 Å². The van der Waals surface area contributed by atoms with E-state index >= 15 is 0 Å². The van der Waals surface area contributed by atoms with Crippen molar-refractivity contribution < 1.29 is 5.11 Å². The van der Waals surface area contributed by atoms with Crippen LogP contribution >= 0.6 is 11.6 Å². The van der Waals surface area contributed by atoms with Crippen LogP contribution in [0.2, 0.25) is 5.02 Å². The summed E-state index contributed by atoms with van der Waals surface area (Å²) in [6, 6.07) is 15.5. The van der Waals surface area contributed by atoms with Crippen molar-refractivity contribution in [2.75, 3.05) is 0 Å². The normalized spacial score (nSPS) is 22.5.